The number of nitrogens with zero attached hydrogens (tertiary/aromatic N) is 1. The number of benzene rings is 3. The molecule has 0 unspecified atom stereocenters. The van der Waals surface area contributed by atoms with Crippen molar-refractivity contribution in [2.75, 3.05) is 5.32 Å². The highest BCUT2D eigenvalue weighted by Crippen LogP contribution is 2.32. The van der Waals surface area contributed by atoms with E-state index in [0.717, 1.165) is 36.5 Å². The third-order valence-corrected chi connectivity index (χ3v) is 6.09. The number of amides is 1. The standard InChI is InChI=1S/C21H14BrClN2OS/c1-12-6-7-13(21-25-17-4-2-3-5-19(17)27-21)10-18(12)24-20(26)15-9-8-14(22)11-16(15)23/h2-11H,1H3,(H,24,26). The van der Waals surface area contributed by atoms with Gasteiger partial charge in [-0.25, -0.2) is 4.98 Å². The van der Waals surface area contributed by atoms with Crippen molar-refractivity contribution in [2.45, 2.75) is 6.92 Å². The number of rotatable bonds is 3. The Labute approximate surface area is 174 Å². The van der Waals surface area contributed by atoms with Crippen LogP contribution in [0.3, 0.4) is 0 Å². The monoisotopic (exact) mass is 456 g/mol. The van der Waals surface area contributed by atoms with Crippen molar-refractivity contribution in [3.63, 3.8) is 0 Å². The molecule has 0 radical (unpaired) electrons. The molecule has 0 aliphatic rings. The molecule has 3 nitrogen and oxygen atoms in total. The van der Waals surface area contributed by atoms with Crippen LogP contribution >= 0.6 is 38.9 Å². The Kier molecular flexibility index (Phi) is 5.00. The van der Waals surface area contributed by atoms with Gasteiger partial charge in [0.05, 0.1) is 20.8 Å². The van der Waals surface area contributed by atoms with Crippen LogP contribution in [0.5, 0.6) is 0 Å². The van der Waals surface area contributed by atoms with Gasteiger partial charge >= 0.3 is 0 Å². The van der Waals surface area contributed by atoms with E-state index >= 15 is 0 Å². The molecule has 0 fully saturated rings. The van der Waals surface area contributed by atoms with Gasteiger partial charge in [0.1, 0.15) is 5.01 Å². The minimum atomic E-state index is -0.239. The maximum absolute atomic E-state index is 12.7. The van der Waals surface area contributed by atoms with Crippen LogP contribution in [0.25, 0.3) is 20.8 Å². The van der Waals surface area contributed by atoms with E-state index < -0.39 is 0 Å². The quantitative estimate of drug-likeness (QED) is 0.362. The first-order valence-corrected chi connectivity index (χ1v) is 10.2. The number of thiazole rings is 1. The highest BCUT2D eigenvalue weighted by Gasteiger charge is 2.14. The van der Waals surface area contributed by atoms with E-state index in [4.69, 9.17) is 16.6 Å². The van der Waals surface area contributed by atoms with Gasteiger partial charge in [-0.15, -0.1) is 11.3 Å². The first-order valence-electron chi connectivity index (χ1n) is 8.24. The SMILES string of the molecule is Cc1ccc(-c2nc3ccccc3s2)cc1NC(=O)c1ccc(Br)cc1Cl. The lowest BCUT2D eigenvalue weighted by molar-refractivity contribution is 0.102. The first-order chi connectivity index (χ1) is 13.0. The molecule has 0 aliphatic carbocycles. The molecule has 0 bridgehead atoms. The van der Waals surface area contributed by atoms with Gasteiger partial charge in [-0.05, 0) is 48.9 Å². The average Bonchev–Trinajstić information content (AvgIpc) is 3.07. The molecule has 3 aromatic carbocycles. The number of anilines is 1. The fraction of sp³-hybridized carbons (Fsp3) is 0.0476. The second-order valence-corrected chi connectivity index (χ2v) is 8.45. The number of para-hydroxylation sites is 1. The minimum Gasteiger partial charge on any atom is -0.322 e. The van der Waals surface area contributed by atoms with Gasteiger partial charge in [-0.1, -0.05) is 51.8 Å². The largest absolute Gasteiger partial charge is 0.322 e. The van der Waals surface area contributed by atoms with Crippen LogP contribution in [0.15, 0.2) is 65.1 Å². The molecule has 0 saturated carbocycles. The average molecular weight is 458 g/mol. The number of carbonyl (C=O) groups excluding carboxylic acids is 1. The van der Waals surface area contributed by atoms with E-state index in [1.807, 2.05) is 43.3 Å². The van der Waals surface area contributed by atoms with Crippen molar-refractivity contribution in [1.82, 2.24) is 4.98 Å². The third-order valence-electron chi connectivity index (χ3n) is 4.20. The molecule has 1 heterocycles. The van der Waals surface area contributed by atoms with Gasteiger partial charge < -0.3 is 5.32 Å². The predicted molar refractivity (Wildman–Crippen MR) is 117 cm³/mol. The van der Waals surface area contributed by atoms with Crippen LogP contribution in [0.4, 0.5) is 5.69 Å². The molecular weight excluding hydrogens is 444 g/mol. The van der Waals surface area contributed by atoms with Gasteiger partial charge in [0.2, 0.25) is 0 Å². The molecule has 0 aliphatic heterocycles. The van der Waals surface area contributed by atoms with Crippen molar-refractivity contribution in [2.24, 2.45) is 0 Å². The smallest absolute Gasteiger partial charge is 0.257 e. The number of halogens is 2. The van der Waals surface area contributed by atoms with E-state index in [-0.39, 0.29) is 5.91 Å². The van der Waals surface area contributed by atoms with Gasteiger partial charge in [0.15, 0.2) is 0 Å². The lowest BCUT2D eigenvalue weighted by atomic mass is 10.1. The van der Waals surface area contributed by atoms with Gasteiger partial charge in [-0.3, -0.25) is 4.79 Å². The zero-order chi connectivity index (χ0) is 19.0. The number of carbonyl (C=O) groups is 1. The fourth-order valence-corrected chi connectivity index (χ4v) is 4.47. The predicted octanol–water partition coefficient (Wildman–Crippen LogP) is 6.94. The molecule has 4 rings (SSSR count). The first kappa shape index (κ1) is 18.2. The van der Waals surface area contributed by atoms with Crippen LogP contribution in [-0.2, 0) is 0 Å². The van der Waals surface area contributed by atoms with Crippen molar-refractivity contribution in [1.29, 1.82) is 0 Å². The maximum Gasteiger partial charge on any atom is 0.257 e. The second-order valence-electron chi connectivity index (χ2n) is 6.09. The highest BCUT2D eigenvalue weighted by molar-refractivity contribution is 9.10. The molecule has 0 saturated heterocycles. The summed E-state index contributed by atoms with van der Waals surface area (Å²) in [5.41, 5.74) is 4.10. The lowest BCUT2D eigenvalue weighted by Gasteiger charge is -2.11. The molecule has 1 aromatic heterocycles. The zero-order valence-corrected chi connectivity index (χ0v) is 17.5. The molecular formula is C21H14BrClN2OS. The van der Waals surface area contributed by atoms with Gasteiger partial charge in [0.25, 0.3) is 5.91 Å². The van der Waals surface area contributed by atoms with E-state index in [1.54, 1.807) is 29.5 Å². The summed E-state index contributed by atoms with van der Waals surface area (Å²) in [5, 5.41) is 4.30. The number of hydrogen-bond acceptors (Lipinski definition) is 3. The van der Waals surface area contributed by atoms with Crippen LogP contribution < -0.4 is 5.32 Å². The van der Waals surface area contributed by atoms with E-state index in [2.05, 4.69) is 27.3 Å². The summed E-state index contributed by atoms with van der Waals surface area (Å²) in [7, 11) is 0. The van der Waals surface area contributed by atoms with Crippen LogP contribution in [-0.4, -0.2) is 10.9 Å². The zero-order valence-electron chi connectivity index (χ0n) is 14.3. The summed E-state index contributed by atoms with van der Waals surface area (Å²) in [6.45, 7) is 1.96. The highest BCUT2D eigenvalue weighted by atomic mass is 79.9. The molecule has 27 heavy (non-hydrogen) atoms. The Balaban J connectivity index is 1.67. The van der Waals surface area contributed by atoms with Crippen molar-refractivity contribution >= 4 is 60.7 Å². The molecule has 0 atom stereocenters. The molecule has 134 valence electrons. The van der Waals surface area contributed by atoms with Crippen molar-refractivity contribution < 1.29 is 4.79 Å². The normalized spacial score (nSPS) is 10.9. The number of aromatic nitrogens is 1. The van der Waals surface area contributed by atoms with Crippen molar-refractivity contribution in [3.05, 3.63) is 81.3 Å². The number of hydrogen-bond donors (Lipinski definition) is 1. The summed E-state index contributed by atoms with van der Waals surface area (Å²) in [6.07, 6.45) is 0. The van der Waals surface area contributed by atoms with Gasteiger partial charge in [-0.2, -0.15) is 0 Å². The Morgan fingerprint density at radius 3 is 2.70 bits per heavy atom. The summed E-state index contributed by atoms with van der Waals surface area (Å²) in [4.78, 5) is 17.4. The Bertz CT molecular complexity index is 1140. The molecule has 6 heteroatoms. The summed E-state index contributed by atoms with van der Waals surface area (Å²) < 4.78 is 1.97. The Morgan fingerprint density at radius 2 is 1.93 bits per heavy atom. The third kappa shape index (κ3) is 3.76. The topological polar surface area (TPSA) is 42.0 Å². The Morgan fingerprint density at radius 1 is 1.11 bits per heavy atom. The molecule has 1 amide bonds. The minimum absolute atomic E-state index is 0.239. The maximum atomic E-state index is 12.7. The second kappa shape index (κ2) is 7.43. The van der Waals surface area contributed by atoms with Gasteiger partial charge in [0, 0.05) is 15.7 Å². The molecule has 4 aromatic rings. The van der Waals surface area contributed by atoms with Crippen LogP contribution in [0.1, 0.15) is 15.9 Å². The number of nitrogens with one attached hydrogen (secondary N) is 1. The Hall–Kier alpha value is -2.21. The molecule has 0 spiro atoms. The number of aryl methyl sites for hydroxylation is 1. The van der Waals surface area contributed by atoms with E-state index in [9.17, 15) is 4.79 Å². The summed E-state index contributed by atoms with van der Waals surface area (Å²) >= 11 is 11.2. The van der Waals surface area contributed by atoms with E-state index in [1.165, 1.54) is 0 Å². The van der Waals surface area contributed by atoms with E-state index in [0.29, 0.717) is 10.6 Å². The van der Waals surface area contributed by atoms with Crippen LogP contribution in [0.2, 0.25) is 5.02 Å². The van der Waals surface area contributed by atoms with Crippen molar-refractivity contribution in [3.8, 4) is 10.6 Å². The number of fused-ring (bicyclic) bond motifs is 1. The molecule has 1 N–H and O–H groups in total. The summed E-state index contributed by atoms with van der Waals surface area (Å²) in [5.74, 6) is -0.239. The lowest BCUT2D eigenvalue weighted by Crippen LogP contribution is -2.13. The van der Waals surface area contributed by atoms with Crippen LogP contribution in [0, 0.1) is 6.92 Å². The fourth-order valence-electron chi connectivity index (χ4n) is 2.75. The summed E-state index contributed by atoms with van der Waals surface area (Å²) in [6, 6.07) is 19.2.